The molecule has 0 bridgehead atoms. The number of aromatic amines is 1. The molecule has 0 aliphatic rings. The zero-order valence-electron chi connectivity index (χ0n) is 15.7. The van der Waals surface area contributed by atoms with E-state index in [-0.39, 0.29) is 5.69 Å². The molecule has 29 heavy (non-hydrogen) atoms. The third-order valence-electron chi connectivity index (χ3n) is 5.35. The van der Waals surface area contributed by atoms with Crippen LogP contribution < -0.4 is 5.69 Å². The normalized spacial score (nSPS) is 11.6. The van der Waals surface area contributed by atoms with Crippen LogP contribution in [0.15, 0.2) is 114 Å². The van der Waals surface area contributed by atoms with Crippen molar-refractivity contribution in [2.45, 2.75) is 5.54 Å². The zero-order valence-corrected chi connectivity index (χ0v) is 15.7. The maximum atomic E-state index is 13.4. The Labute approximate surface area is 168 Å². The van der Waals surface area contributed by atoms with Crippen LogP contribution in [-0.4, -0.2) is 14.5 Å². The average molecular weight is 377 g/mol. The summed E-state index contributed by atoms with van der Waals surface area (Å²) in [4.78, 5) is 20.9. The van der Waals surface area contributed by atoms with Crippen molar-refractivity contribution in [2.75, 3.05) is 0 Å². The molecule has 0 radical (unpaired) electrons. The molecular formula is C25H19N3O. The van der Waals surface area contributed by atoms with Crippen LogP contribution in [0, 0.1) is 0 Å². The molecule has 0 spiro atoms. The first-order valence-corrected chi connectivity index (χ1v) is 9.54. The van der Waals surface area contributed by atoms with Gasteiger partial charge in [-0.3, -0.25) is 4.57 Å². The van der Waals surface area contributed by atoms with Crippen LogP contribution in [0.2, 0.25) is 0 Å². The van der Waals surface area contributed by atoms with Gasteiger partial charge in [0, 0.05) is 6.20 Å². The molecule has 0 atom stereocenters. The highest BCUT2D eigenvalue weighted by Gasteiger charge is 2.41. The summed E-state index contributed by atoms with van der Waals surface area (Å²) in [6, 6.07) is 34.1. The van der Waals surface area contributed by atoms with Gasteiger partial charge in [-0.25, -0.2) is 9.78 Å². The van der Waals surface area contributed by atoms with Crippen molar-refractivity contribution in [2.24, 2.45) is 0 Å². The Hall–Kier alpha value is -3.92. The molecule has 4 heteroatoms. The summed E-state index contributed by atoms with van der Waals surface area (Å²) in [6.45, 7) is 0. The fourth-order valence-electron chi connectivity index (χ4n) is 4.18. The molecular weight excluding hydrogens is 358 g/mol. The van der Waals surface area contributed by atoms with Gasteiger partial charge in [0.15, 0.2) is 5.65 Å². The largest absolute Gasteiger partial charge is 0.329 e. The van der Waals surface area contributed by atoms with Crippen molar-refractivity contribution in [3.63, 3.8) is 0 Å². The van der Waals surface area contributed by atoms with Crippen molar-refractivity contribution < 1.29 is 0 Å². The number of nitrogens with zero attached hydrogens (tertiary/aromatic N) is 2. The monoisotopic (exact) mass is 377 g/mol. The van der Waals surface area contributed by atoms with Crippen LogP contribution in [0.1, 0.15) is 16.7 Å². The first-order valence-electron chi connectivity index (χ1n) is 9.54. The van der Waals surface area contributed by atoms with Gasteiger partial charge in [-0.15, -0.1) is 0 Å². The summed E-state index contributed by atoms with van der Waals surface area (Å²) >= 11 is 0. The van der Waals surface area contributed by atoms with E-state index in [9.17, 15) is 4.79 Å². The Morgan fingerprint density at radius 1 is 0.655 bits per heavy atom. The van der Waals surface area contributed by atoms with Crippen molar-refractivity contribution >= 4 is 11.2 Å². The molecule has 0 saturated heterocycles. The Morgan fingerprint density at radius 2 is 1.14 bits per heavy atom. The molecule has 4 nitrogen and oxygen atoms in total. The number of hydrogen-bond donors (Lipinski definition) is 1. The van der Waals surface area contributed by atoms with E-state index in [1.165, 1.54) is 0 Å². The zero-order chi connectivity index (χ0) is 19.7. The second-order valence-corrected chi connectivity index (χ2v) is 6.95. The molecule has 2 aromatic heterocycles. The van der Waals surface area contributed by atoms with Gasteiger partial charge >= 0.3 is 5.69 Å². The molecule has 0 saturated carbocycles. The number of nitrogens with one attached hydrogen (secondary N) is 1. The lowest BCUT2D eigenvalue weighted by atomic mass is 9.76. The molecule has 0 aliphatic heterocycles. The van der Waals surface area contributed by atoms with Crippen LogP contribution >= 0.6 is 0 Å². The van der Waals surface area contributed by atoms with Gasteiger partial charge in [-0.05, 0) is 28.8 Å². The minimum absolute atomic E-state index is 0.199. The molecule has 3 aromatic carbocycles. The van der Waals surface area contributed by atoms with Crippen LogP contribution in [0.5, 0.6) is 0 Å². The van der Waals surface area contributed by atoms with Gasteiger partial charge in [0.2, 0.25) is 0 Å². The van der Waals surface area contributed by atoms with Gasteiger partial charge in [-0.2, -0.15) is 0 Å². The van der Waals surface area contributed by atoms with E-state index < -0.39 is 5.54 Å². The molecule has 0 unspecified atom stereocenters. The maximum absolute atomic E-state index is 13.4. The third-order valence-corrected chi connectivity index (χ3v) is 5.35. The number of rotatable bonds is 4. The molecule has 2 heterocycles. The lowest BCUT2D eigenvalue weighted by Crippen LogP contribution is -2.43. The summed E-state index contributed by atoms with van der Waals surface area (Å²) in [5.74, 6) is 0. The number of benzene rings is 3. The third kappa shape index (κ3) is 2.61. The SMILES string of the molecule is O=c1[nH]c2cccnc2n1C(c1ccccc1)(c1ccccc1)c1ccccc1. The maximum Gasteiger partial charge on any atom is 0.329 e. The Bertz CT molecular complexity index is 1210. The summed E-state index contributed by atoms with van der Waals surface area (Å²) in [5.41, 5.74) is 3.24. The molecule has 0 fully saturated rings. The standard InChI is InChI=1S/C25H19N3O/c29-24-27-22-17-10-18-26-23(22)28(24)25(19-11-4-1-5-12-19,20-13-6-2-7-14-20)21-15-8-3-9-16-21/h1-18H,(H,27,29). The van der Waals surface area contributed by atoms with Crippen molar-refractivity contribution in [1.29, 1.82) is 0 Å². The molecule has 0 aliphatic carbocycles. The number of aromatic nitrogens is 3. The summed E-state index contributed by atoms with van der Waals surface area (Å²) < 4.78 is 1.78. The summed E-state index contributed by atoms with van der Waals surface area (Å²) in [6.07, 6.45) is 1.72. The minimum Gasteiger partial charge on any atom is -0.304 e. The van der Waals surface area contributed by atoms with E-state index in [1.54, 1.807) is 10.8 Å². The first-order chi connectivity index (χ1) is 14.3. The van der Waals surface area contributed by atoms with Crippen molar-refractivity contribution in [1.82, 2.24) is 14.5 Å². The lowest BCUT2D eigenvalue weighted by molar-refractivity contribution is 0.511. The first kappa shape index (κ1) is 17.2. The van der Waals surface area contributed by atoms with E-state index in [4.69, 9.17) is 0 Å². The second-order valence-electron chi connectivity index (χ2n) is 6.95. The van der Waals surface area contributed by atoms with E-state index in [0.29, 0.717) is 11.2 Å². The van der Waals surface area contributed by atoms with Gasteiger partial charge < -0.3 is 4.98 Å². The van der Waals surface area contributed by atoms with Gasteiger partial charge in [0.05, 0.1) is 5.52 Å². The molecule has 5 aromatic rings. The highest BCUT2D eigenvalue weighted by molar-refractivity contribution is 5.72. The summed E-state index contributed by atoms with van der Waals surface area (Å²) in [7, 11) is 0. The van der Waals surface area contributed by atoms with Crippen LogP contribution in [0.3, 0.4) is 0 Å². The molecule has 140 valence electrons. The topological polar surface area (TPSA) is 50.7 Å². The minimum atomic E-state index is -0.868. The fourth-order valence-corrected chi connectivity index (χ4v) is 4.18. The highest BCUT2D eigenvalue weighted by atomic mass is 16.1. The number of fused-ring (bicyclic) bond motifs is 1. The smallest absolute Gasteiger partial charge is 0.304 e. The van der Waals surface area contributed by atoms with E-state index in [0.717, 1.165) is 16.7 Å². The van der Waals surface area contributed by atoms with Gasteiger partial charge in [0.1, 0.15) is 5.54 Å². The van der Waals surface area contributed by atoms with Gasteiger partial charge in [0.25, 0.3) is 0 Å². The second kappa shape index (κ2) is 6.91. The molecule has 1 N–H and O–H groups in total. The van der Waals surface area contributed by atoms with Crippen molar-refractivity contribution in [3.8, 4) is 0 Å². The quantitative estimate of drug-likeness (QED) is 0.467. The Morgan fingerprint density at radius 3 is 1.62 bits per heavy atom. The van der Waals surface area contributed by atoms with Crippen molar-refractivity contribution in [3.05, 3.63) is 136 Å². The lowest BCUT2D eigenvalue weighted by Gasteiger charge is -2.36. The fraction of sp³-hybridized carbons (Fsp3) is 0.0400. The highest BCUT2D eigenvalue weighted by Crippen LogP contribution is 2.41. The predicted molar refractivity (Wildman–Crippen MR) is 115 cm³/mol. The Kier molecular flexibility index (Phi) is 4.10. The number of pyridine rings is 1. The molecule has 0 amide bonds. The Balaban J connectivity index is 2.02. The van der Waals surface area contributed by atoms with Crippen LogP contribution in [-0.2, 0) is 5.54 Å². The summed E-state index contributed by atoms with van der Waals surface area (Å²) in [5, 5.41) is 0. The van der Waals surface area contributed by atoms with Crippen LogP contribution in [0.25, 0.3) is 11.2 Å². The number of H-pyrrole nitrogens is 1. The number of hydrogen-bond acceptors (Lipinski definition) is 2. The van der Waals surface area contributed by atoms with Gasteiger partial charge in [-0.1, -0.05) is 91.0 Å². The number of imidazole rings is 1. The van der Waals surface area contributed by atoms with E-state index >= 15 is 0 Å². The molecule has 5 rings (SSSR count). The average Bonchev–Trinajstić information content (AvgIpc) is 3.13. The predicted octanol–water partition coefficient (Wildman–Crippen LogP) is 4.56. The van der Waals surface area contributed by atoms with E-state index in [2.05, 4.69) is 46.4 Å². The van der Waals surface area contributed by atoms with E-state index in [1.807, 2.05) is 66.7 Å². The van der Waals surface area contributed by atoms with Crippen LogP contribution in [0.4, 0.5) is 0 Å².